The summed E-state index contributed by atoms with van der Waals surface area (Å²) < 4.78 is 16.2. The first-order valence-corrected chi connectivity index (χ1v) is 7.04. The van der Waals surface area contributed by atoms with Crippen molar-refractivity contribution in [2.24, 2.45) is 0 Å². The summed E-state index contributed by atoms with van der Waals surface area (Å²) in [4.78, 5) is 12.8. The largest absolute Gasteiger partial charge is 0.490 e. The Morgan fingerprint density at radius 2 is 1.85 bits per heavy atom. The molecule has 1 aromatic rings. The summed E-state index contributed by atoms with van der Waals surface area (Å²) in [5.41, 5.74) is -0.0619. The van der Waals surface area contributed by atoms with Gasteiger partial charge in [0.25, 0.3) is 0 Å². The summed E-state index contributed by atoms with van der Waals surface area (Å²) in [7, 11) is 3.25. The zero-order valence-electron chi connectivity index (χ0n) is 12.2. The van der Waals surface area contributed by atoms with Crippen LogP contribution in [0, 0.1) is 0 Å². The Labute approximate surface area is 120 Å². The molecule has 0 atom stereocenters. The predicted octanol–water partition coefficient (Wildman–Crippen LogP) is 2.85. The average Bonchev–Trinajstić information content (AvgIpc) is 2.97. The van der Waals surface area contributed by atoms with Gasteiger partial charge >= 0.3 is 0 Å². The number of Topliss-reactive ketones (excluding diaryl/α,β-unsaturated/α-hetero) is 1. The van der Waals surface area contributed by atoms with Gasteiger partial charge in [-0.3, -0.25) is 4.79 Å². The number of hydrogen-bond acceptors (Lipinski definition) is 4. The normalized spacial score (nSPS) is 17.1. The van der Waals surface area contributed by atoms with Crippen LogP contribution in [-0.4, -0.2) is 38.8 Å². The highest BCUT2D eigenvalue weighted by atomic mass is 16.5. The van der Waals surface area contributed by atoms with Crippen molar-refractivity contribution in [3.05, 3.63) is 29.8 Å². The first kappa shape index (κ1) is 15.0. The molecular weight excluding hydrogens is 256 g/mol. The fraction of sp³-hybridized carbons (Fsp3) is 0.562. The maximum absolute atomic E-state index is 12.8. The van der Waals surface area contributed by atoms with Crippen molar-refractivity contribution in [3.63, 3.8) is 0 Å². The highest BCUT2D eigenvalue weighted by molar-refractivity contribution is 6.04. The van der Waals surface area contributed by atoms with E-state index in [0.717, 1.165) is 25.7 Å². The van der Waals surface area contributed by atoms with Crippen LogP contribution >= 0.6 is 0 Å². The van der Waals surface area contributed by atoms with Crippen LogP contribution in [0.15, 0.2) is 24.3 Å². The Bertz CT molecular complexity index is 450. The zero-order chi connectivity index (χ0) is 14.4. The third-order valence-corrected chi connectivity index (χ3v) is 3.89. The van der Waals surface area contributed by atoms with Gasteiger partial charge in [0.05, 0.1) is 12.2 Å². The van der Waals surface area contributed by atoms with E-state index in [1.165, 1.54) is 0 Å². The lowest BCUT2D eigenvalue weighted by atomic mass is 9.90. The Balaban J connectivity index is 2.20. The second-order valence-electron chi connectivity index (χ2n) is 5.07. The van der Waals surface area contributed by atoms with Gasteiger partial charge < -0.3 is 14.2 Å². The third-order valence-electron chi connectivity index (χ3n) is 3.89. The van der Waals surface area contributed by atoms with Gasteiger partial charge in [-0.15, -0.1) is 0 Å². The minimum absolute atomic E-state index is 0.0329. The number of rotatable bonds is 7. The molecule has 0 heterocycles. The van der Waals surface area contributed by atoms with Crippen molar-refractivity contribution in [2.75, 3.05) is 27.4 Å². The first-order chi connectivity index (χ1) is 9.73. The second-order valence-corrected chi connectivity index (χ2v) is 5.07. The smallest absolute Gasteiger partial charge is 0.198 e. The lowest BCUT2D eigenvalue weighted by molar-refractivity contribution is 0.00570. The van der Waals surface area contributed by atoms with Crippen LogP contribution < -0.4 is 4.74 Å². The van der Waals surface area contributed by atoms with Gasteiger partial charge in [0.2, 0.25) is 0 Å². The molecule has 4 nitrogen and oxygen atoms in total. The molecule has 0 spiro atoms. The lowest BCUT2D eigenvalue weighted by Gasteiger charge is -2.26. The van der Waals surface area contributed by atoms with Gasteiger partial charge in [0.15, 0.2) is 5.78 Å². The number of para-hydroxylation sites is 1. The van der Waals surface area contributed by atoms with Crippen molar-refractivity contribution < 1.29 is 19.0 Å². The molecule has 110 valence electrons. The SMILES string of the molecule is COCCOc1ccccc1C(=O)C1(OC)CCCC1. The van der Waals surface area contributed by atoms with Crippen LogP contribution in [0.2, 0.25) is 0 Å². The Morgan fingerprint density at radius 1 is 1.15 bits per heavy atom. The van der Waals surface area contributed by atoms with E-state index in [9.17, 15) is 4.79 Å². The second kappa shape index (κ2) is 6.86. The van der Waals surface area contributed by atoms with Gasteiger partial charge in [-0.1, -0.05) is 12.1 Å². The molecule has 2 rings (SSSR count). The van der Waals surface area contributed by atoms with Crippen molar-refractivity contribution in [1.82, 2.24) is 0 Å². The van der Waals surface area contributed by atoms with Crippen molar-refractivity contribution >= 4 is 5.78 Å². The molecule has 1 saturated carbocycles. The van der Waals surface area contributed by atoms with E-state index >= 15 is 0 Å². The van der Waals surface area contributed by atoms with Gasteiger partial charge in [0.1, 0.15) is 18.0 Å². The summed E-state index contributed by atoms with van der Waals surface area (Å²) in [5, 5.41) is 0. The quantitative estimate of drug-likeness (QED) is 0.568. The van der Waals surface area contributed by atoms with Crippen LogP contribution in [0.25, 0.3) is 0 Å². The van der Waals surface area contributed by atoms with E-state index in [0.29, 0.717) is 24.5 Å². The Morgan fingerprint density at radius 3 is 2.50 bits per heavy atom. The highest BCUT2D eigenvalue weighted by Crippen LogP contribution is 2.37. The van der Waals surface area contributed by atoms with E-state index in [-0.39, 0.29) is 5.78 Å². The molecule has 0 radical (unpaired) electrons. The summed E-state index contributed by atoms with van der Waals surface area (Å²) in [6.45, 7) is 0.929. The fourth-order valence-electron chi connectivity index (χ4n) is 2.73. The molecule has 0 N–H and O–H groups in total. The molecule has 20 heavy (non-hydrogen) atoms. The molecule has 1 aromatic carbocycles. The minimum Gasteiger partial charge on any atom is -0.490 e. The minimum atomic E-state index is -0.666. The van der Waals surface area contributed by atoms with Crippen LogP contribution in [0.3, 0.4) is 0 Å². The molecule has 0 aliphatic heterocycles. The zero-order valence-corrected chi connectivity index (χ0v) is 12.2. The van der Waals surface area contributed by atoms with Crippen LogP contribution in [0.4, 0.5) is 0 Å². The van der Waals surface area contributed by atoms with Gasteiger partial charge in [0, 0.05) is 14.2 Å². The summed E-state index contributed by atoms with van der Waals surface area (Å²) >= 11 is 0. The molecule has 0 bridgehead atoms. The van der Waals surface area contributed by atoms with E-state index < -0.39 is 5.60 Å². The molecule has 0 unspecified atom stereocenters. The average molecular weight is 278 g/mol. The monoisotopic (exact) mass is 278 g/mol. The van der Waals surface area contributed by atoms with E-state index in [1.54, 1.807) is 14.2 Å². The maximum Gasteiger partial charge on any atom is 0.198 e. The topological polar surface area (TPSA) is 44.8 Å². The number of methoxy groups -OCH3 is 2. The predicted molar refractivity (Wildman–Crippen MR) is 76.4 cm³/mol. The van der Waals surface area contributed by atoms with Crippen molar-refractivity contribution in [1.29, 1.82) is 0 Å². The molecular formula is C16H22O4. The van der Waals surface area contributed by atoms with Gasteiger partial charge in [-0.2, -0.15) is 0 Å². The number of carbonyl (C=O) groups excluding carboxylic acids is 1. The maximum atomic E-state index is 12.8. The number of hydrogen-bond donors (Lipinski definition) is 0. The molecule has 1 aliphatic carbocycles. The van der Waals surface area contributed by atoms with Crippen LogP contribution in [0.1, 0.15) is 36.0 Å². The summed E-state index contributed by atoms with van der Waals surface area (Å²) in [6.07, 6.45) is 3.64. The number of ether oxygens (including phenoxy) is 3. The number of ketones is 1. The molecule has 0 aromatic heterocycles. The number of carbonyl (C=O) groups is 1. The lowest BCUT2D eigenvalue weighted by Crippen LogP contribution is -2.38. The Kier molecular flexibility index (Phi) is 5.15. The van der Waals surface area contributed by atoms with E-state index in [2.05, 4.69) is 0 Å². The summed E-state index contributed by atoms with van der Waals surface area (Å²) in [6, 6.07) is 7.35. The van der Waals surface area contributed by atoms with Gasteiger partial charge in [-0.05, 0) is 37.8 Å². The first-order valence-electron chi connectivity index (χ1n) is 7.04. The van der Waals surface area contributed by atoms with Crippen LogP contribution in [0.5, 0.6) is 5.75 Å². The van der Waals surface area contributed by atoms with Crippen molar-refractivity contribution in [3.8, 4) is 5.75 Å². The highest BCUT2D eigenvalue weighted by Gasteiger charge is 2.42. The molecule has 1 fully saturated rings. The fourth-order valence-corrected chi connectivity index (χ4v) is 2.73. The van der Waals surface area contributed by atoms with E-state index in [4.69, 9.17) is 14.2 Å². The van der Waals surface area contributed by atoms with Crippen LogP contribution in [-0.2, 0) is 9.47 Å². The third kappa shape index (κ3) is 3.02. The standard InChI is InChI=1S/C16H22O4/c1-18-11-12-20-14-8-4-3-7-13(14)15(17)16(19-2)9-5-6-10-16/h3-4,7-8H,5-6,9-12H2,1-2H3. The molecule has 0 saturated heterocycles. The Hall–Kier alpha value is -1.39. The van der Waals surface area contributed by atoms with Crippen molar-refractivity contribution in [2.45, 2.75) is 31.3 Å². The molecule has 1 aliphatic rings. The number of benzene rings is 1. The molecule has 4 heteroatoms. The van der Waals surface area contributed by atoms with Gasteiger partial charge in [-0.25, -0.2) is 0 Å². The molecule has 0 amide bonds. The van der Waals surface area contributed by atoms with E-state index in [1.807, 2.05) is 24.3 Å². The summed E-state index contributed by atoms with van der Waals surface area (Å²) in [5.74, 6) is 0.642.